The van der Waals surface area contributed by atoms with Crippen LogP contribution in [0, 0.1) is 5.92 Å². The van der Waals surface area contributed by atoms with Crippen LogP contribution >= 0.6 is 0 Å². The van der Waals surface area contributed by atoms with E-state index in [0.29, 0.717) is 6.04 Å². The van der Waals surface area contributed by atoms with E-state index in [4.69, 9.17) is 0 Å². The van der Waals surface area contributed by atoms with Gasteiger partial charge in [-0.3, -0.25) is 0 Å². The third kappa shape index (κ3) is 2.87. The van der Waals surface area contributed by atoms with Crippen molar-refractivity contribution in [2.75, 3.05) is 17.7 Å². The van der Waals surface area contributed by atoms with Gasteiger partial charge in [0, 0.05) is 25.6 Å². The summed E-state index contributed by atoms with van der Waals surface area (Å²) in [7, 11) is 1.89. The molecule has 1 heterocycles. The highest BCUT2D eigenvalue weighted by Crippen LogP contribution is 2.30. The number of nitrogens with one attached hydrogen (secondary N) is 2. The minimum atomic E-state index is 0.507. The van der Waals surface area contributed by atoms with Gasteiger partial charge in [-0.1, -0.05) is 13.3 Å². The van der Waals surface area contributed by atoms with Gasteiger partial charge in [-0.05, 0) is 25.7 Å². The fraction of sp³-hybridized carbons (Fsp3) is 0.692. The Kier molecular flexibility index (Phi) is 3.82. The molecule has 2 rings (SSSR count). The van der Waals surface area contributed by atoms with Gasteiger partial charge in [0.15, 0.2) is 0 Å². The molecule has 1 aliphatic rings. The summed E-state index contributed by atoms with van der Waals surface area (Å²) < 4.78 is 0. The highest BCUT2D eigenvalue weighted by atomic mass is 15.1. The fourth-order valence-electron chi connectivity index (χ4n) is 2.15. The zero-order valence-electron chi connectivity index (χ0n) is 11.0. The smallest absolute Gasteiger partial charge is 0.132 e. The number of hydrogen-bond acceptors (Lipinski definition) is 4. The lowest BCUT2D eigenvalue weighted by Crippen LogP contribution is -2.31. The van der Waals surface area contributed by atoms with Gasteiger partial charge in [-0.15, -0.1) is 0 Å². The zero-order chi connectivity index (χ0) is 12.3. The Morgan fingerprint density at radius 2 is 2.06 bits per heavy atom. The van der Waals surface area contributed by atoms with E-state index in [1.807, 2.05) is 13.1 Å². The van der Waals surface area contributed by atoms with Crippen LogP contribution in [0.15, 0.2) is 6.07 Å². The van der Waals surface area contributed by atoms with Crippen LogP contribution in [0.25, 0.3) is 0 Å². The Hall–Kier alpha value is -1.32. The highest BCUT2D eigenvalue weighted by Gasteiger charge is 2.24. The van der Waals surface area contributed by atoms with E-state index < -0.39 is 0 Å². The van der Waals surface area contributed by atoms with E-state index in [-0.39, 0.29) is 0 Å². The second kappa shape index (κ2) is 5.34. The summed E-state index contributed by atoms with van der Waals surface area (Å²) in [6.07, 6.45) is 4.93. The van der Waals surface area contributed by atoms with Gasteiger partial charge >= 0.3 is 0 Å². The highest BCUT2D eigenvalue weighted by molar-refractivity contribution is 5.47. The largest absolute Gasteiger partial charge is 0.373 e. The fourth-order valence-corrected chi connectivity index (χ4v) is 2.15. The molecule has 1 saturated carbocycles. The molecular weight excluding hydrogens is 212 g/mol. The van der Waals surface area contributed by atoms with Crippen molar-refractivity contribution in [2.45, 2.75) is 45.6 Å². The van der Waals surface area contributed by atoms with Crippen molar-refractivity contribution in [3.8, 4) is 0 Å². The molecule has 1 unspecified atom stereocenters. The van der Waals surface area contributed by atoms with Crippen molar-refractivity contribution < 1.29 is 0 Å². The average Bonchev–Trinajstić information content (AvgIpc) is 2.25. The first-order chi connectivity index (χ1) is 8.22. The predicted octanol–water partition coefficient (Wildman–Crippen LogP) is 2.68. The van der Waals surface area contributed by atoms with Crippen LogP contribution in [0.5, 0.6) is 0 Å². The third-order valence-electron chi connectivity index (χ3n) is 3.58. The third-order valence-corrected chi connectivity index (χ3v) is 3.58. The minimum Gasteiger partial charge on any atom is -0.373 e. The Bertz CT molecular complexity index is 351. The van der Waals surface area contributed by atoms with Crippen LogP contribution in [-0.2, 0) is 6.42 Å². The maximum Gasteiger partial charge on any atom is 0.132 e. The summed E-state index contributed by atoms with van der Waals surface area (Å²) in [6.45, 7) is 4.32. The Labute approximate surface area is 103 Å². The van der Waals surface area contributed by atoms with E-state index in [9.17, 15) is 0 Å². The summed E-state index contributed by atoms with van der Waals surface area (Å²) in [6, 6.07) is 2.49. The van der Waals surface area contributed by atoms with Gasteiger partial charge < -0.3 is 10.6 Å². The van der Waals surface area contributed by atoms with Gasteiger partial charge in [-0.2, -0.15) is 0 Å². The van der Waals surface area contributed by atoms with Crippen LogP contribution in [0.1, 0.15) is 38.9 Å². The van der Waals surface area contributed by atoms with E-state index in [1.54, 1.807) is 0 Å². The molecule has 94 valence electrons. The molecule has 1 aromatic heterocycles. The van der Waals surface area contributed by atoms with E-state index >= 15 is 0 Å². The zero-order valence-corrected chi connectivity index (χ0v) is 11.0. The topological polar surface area (TPSA) is 49.8 Å². The number of rotatable bonds is 5. The molecule has 1 fully saturated rings. The van der Waals surface area contributed by atoms with Gasteiger partial charge in [-0.25, -0.2) is 9.97 Å². The van der Waals surface area contributed by atoms with Gasteiger partial charge in [0.1, 0.15) is 17.5 Å². The van der Waals surface area contributed by atoms with E-state index in [2.05, 4.69) is 34.4 Å². The first-order valence-electron chi connectivity index (χ1n) is 6.55. The molecule has 17 heavy (non-hydrogen) atoms. The number of hydrogen-bond donors (Lipinski definition) is 2. The molecule has 0 radical (unpaired) electrons. The van der Waals surface area contributed by atoms with Crippen LogP contribution in [0.2, 0.25) is 0 Å². The van der Waals surface area contributed by atoms with Crippen molar-refractivity contribution in [3.63, 3.8) is 0 Å². The summed E-state index contributed by atoms with van der Waals surface area (Å²) in [4.78, 5) is 8.91. The second-order valence-corrected chi connectivity index (χ2v) is 4.78. The summed E-state index contributed by atoms with van der Waals surface area (Å²) >= 11 is 0. The quantitative estimate of drug-likeness (QED) is 0.822. The maximum atomic E-state index is 4.52. The molecule has 0 aromatic carbocycles. The van der Waals surface area contributed by atoms with E-state index in [0.717, 1.165) is 29.8 Å². The average molecular weight is 234 g/mol. The molecule has 0 saturated heterocycles. The lowest BCUT2D eigenvalue weighted by atomic mass is 9.80. The Morgan fingerprint density at radius 3 is 2.59 bits per heavy atom. The summed E-state index contributed by atoms with van der Waals surface area (Å²) in [5.41, 5.74) is 0. The van der Waals surface area contributed by atoms with Crippen molar-refractivity contribution in [1.82, 2.24) is 9.97 Å². The summed E-state index contributed by atoms with van der Waals surface area (Å²) in [5, 5.41) is 6.58. The van der Waals surface area contributed by atoms with Gasteiger partial charge in [0.2, 0.25) is 0 Å². The molecular formula is C13H22N4. The van der Waals surface area contributed by atoms with Crippen LogP contribution < -0.4 is 10.6 Å². The number of aromatic nitrogens is 2. The normalized spacial score (nSPS) is 17.4. The molecule has 0 bridgehead atoms. The lowest BCUT2D eigenvalue weighted by molar-refractivity contribution is 0.285. The molecule has 4 nitrogen and oxygen atoms in total. The molecule has 1 aromatic rings. The van der Waals surface area contributed by atoms with E-state index in [1.165, 1.54) is 19.3 Å². The van der Waals surface area contributed by atoms with Crippen LogP contribution in [0.3, 0.4) is 0 Å². The summed E-state index contributed by atoms with van der Waals surface area (Å²) in [5.74, 6) is 3.54. The standard InChI is InChI=1S/C13H22N4/c1-4-11-16-12(14-3)8-13(17-11)15-9(2)10-6-5-7-10/h8-10H,4-7H2,1-3H3,(H2,14,15,16,17). The van der Waals surface area contributed by atoms with Crippen LogP contribution in [0.4, 0.5) is 11.6 Å². The van der Waals surface area contributed by atoms with Gasteiger partial charge in [0.05, 0.1) is 0 Å². The molecule has 1 atom stereocenters. The lowest BCUT2D eigenvalue weighted by Gasteiger charge is -2.32. The minimum absolute atomic E-state index is 0.507. The molecule has 0 aliphatic heterocycles. The predicted molar refractivity (Wildman–Crippen MR) is 71.4 cm³/mol. The molecule has 2 N–H and O–H groups in total. The van der Waals surface area contributed by atoms with Crippen LogP contribution in [-0.4, -0.2) is 23.1 Å². The molecule has 0 spiro atoms. The number of nitrogens with zero attached hydrogens (tertiary/aromatic N) is 2. The van der Waals surface area contributed by atoms with Crippen molar-refractivity contribution in [1.29, 1.82) is 0 Å². The molecule has 1 aliphatic carbocycles. The number of aryl methyl sites for hydroxylation is 1. The first-order valence-corrected chi connectivity index (χ1v) is 6.55. The SMILES string of the molecule is CCc1nc(NC)cc(NC(C)C2CCC2)n1. The monoisotopic (exact) mass is 234 g/mol. The second-order valence-electron chi connectivity index (χ2n) is 4.78. The Morgan fingerprint density at radius 1 is 1.35 bits per heavy atom. The van der Waals surface area contributed by atoms with Crippen molar-refractivity contribution in [3.05, 3.63) is 11.9 Å². The molecule has 4 heteroatoms. The van der Waals surface area contributed by atoms with Crippen molar-refractivity contribution >= 4 is 11.6 Å². The first kappa shape index (κ1) is 12.1. The van der Waals surface area contributed by atoms with Crippen molar-refractivity contribution in [2.24, 2.45) is 5.92 Å². The Balaban J connectivity index is 2.07. The maximum absolute atomic E-state index is 4.52. The van der Waals surface area contributed by atoms with Gasteiger partial charge in [0.25, 0.3) is 0 Å². The number of anilines is 2. The molecule has 0 amide bonds.